The molecule has 0 bridgehead atoms. The van der Waals surface area contributed by atoms with Crippen LogP contribution in [0.3, 0.4) is 0 Å². The topological polar surface area (TPSA) is 46.8 Å². The van der Waals surface area contributed by atoms with Gasteiger partial charge in [-0.2, -0.15) is 0 Å². The fraction of sp³-hybridized carbons (Fsp3) is 0.167. The molecule has 5 heteroatoms. The highest BCUT2D eigenvalue weighted by atomic mass is 15.3. The fourth-order valence-corrected chi connectivity index (χ4v) is 5.93. The first-order valence-electron chi connectivity index (χ1n) is 12.1. The summed E-state index contributed by atoms with van der Waals surface area (Å²) in [5.74, 6) is 1.66. The van der Waals surface area contributed by atoms with Gasteiger partial charge in [-0.15, -0.1) is 0 Å². The van der Waals surface area contributed by atoms with Gasteiger partial charge in [0.1, 0.15) is 5.82 Å². The number of fused-ring (bicyclic) bond motifs is 5. The second kappa shape index (κ2) is 7.37. The van der Waals surface area contributed by atoms with Gasteiger partial charge in [0.05, 0.1) is 23.4 Å². The summed E-state index contributed by atoms with van der Waals surface area (Å²) >= 11 is 0. The predicted molar refractivity (Wildman–Crippen MR) is 140 cm³/mol. The van der Waals surface area contributed by atoms with Crippen molar-refractivity contribution in [3.63, 3.8) is 0 Å². The molecule has 2 aliphatic rings. The van der Waals surface area contributed by atoms with E-state index in [1.54, 1.807) is 12.4 Å². The van der Waals surface area contributed by atoms with Crippen LogP contribution in [-0.4, -0.2) is 25.6 Å². The van der Waals surface area contributed by atoms with E-state index in [0.717, 1.165) is 18.1 Å². The van der Waals surface area contributed by atoms with Gasteiger partial charge in [0.25, 0.3) is 0 Å². The first kappa shape index (κ1) is 20.2. The first-order chi connectivity index (χ1) is 17.1. The van der Waals surface area contributed by atoms with Crippen molar-refractivity contribution >= 4 is 28.6 Å². The highest BCUT2D eigenvalue weighted by Gasteiger charge is 2.37. The molecule has 5 nitrogen and oxygen atoms in total. The van der Waals surface area contributed by atoms with E-state index in [2.05, 4.69) is 92.9 Å². The minimum absolute atomic E-state index is 0.0597. The molecule has 0 saturated carbocycles. The first-order valence-corrected chi connectivity index (χ1v) is 12.1. The van der Waals surface area contributed by atoms with Gasteiger partial charge in [-0.05, 0) is 47.4 Å². The number of rotatable bonds is 3. The molecule has 1 aliphatic heterocycles. The average molecular weight is 456 g/mol. The Morgan fingerprint density at radius 1 is 0.857 bits per heavy atom. The summed E-state index contributed by atoms with van der Waals surface area (Å²) in [5.41, 5.74) is 7.93. The van der Waals surface area contributed by atoms with Crippen LogP contribution in [0.1, 0.15) is 36.2 Å². The summed E-state index contributed by atoms with van der Waals surface area (Å²) in [6, 6.07) is 21.7. The lowest BCUT2D eigenvalue weighted by Gasteiger charge is -2.35. The Kier molecular flexibility index (Phi) is 4.25. The molecule has 1 atom stereocenters. The van der Waals surface area contributed by atoms with Gasteiger partial charge in [-0.3, -0.25) is 4.98 Å². The molecule has 0 N–H and O–H groups in total. The van der Waals surface area contributed by atoms with E-state index < -0.39 is 0 Å². The van der Waals surface area contributed by atoms with Crippen LogP contribution in [0.15, 0.2) is 91.5 Å². The normalized spacial score (nSPS) is 17.1. The van der Waals surface area contributed by atoms with Crippen LogP contribution in [0.25, 0.3) is 22.7 Å². The van der Waals surface area contributed by atoms with E-state index >= 15 is 0 Å². The molecule has 0 spiro atoms. The second-order valence-corrected chi connectivity index (χ2v) is 9.80. The fourth-order valence-electron chi connectivity index (χ4n) is 5.93. The molecule has 0 amide bonds. The van der Waals surface area contributed by atoms with Crippen molar-refractivity contribution in [1.29, 1.82) is 0 Å². The highest BCUT2D eigenvalue weighted by Crippen LogP contribution is 2.48. The maximum atomic E-state index is 4.66. The Morgan fingerprint density at radius 2 is 1.69 bits per heavy atom. The van der Waals surface area contributed by atoms with Crippen LogP contribution >= 0.6 is 0 Å². The average Bonchev–Trinajstić information content (AvgIpc) is 3.23. The molecule has 7 rings (SSSR count). The third-order valence-corrected chi connectivity index (χ3v) is 7.54. The maximum absolute atomic E-state index is 4.66. The Hall–Kier alpha value is -4.25. The van der Waals surface area contributed by atoms with Crippen LogP contribution < -0.4 is 4.90 Å². The minimum Gasteiger partial charge on any atom is -0.309 e. The van der Waals surface area contributed by atoms with Crippen molar-refractivity contribution in [1.82, 2.24) is 19.5 Å². The molecule has 35 heavy (non-hydrogen) atoms. The number of anilines is 2. The SMILES string of the molecule is CC1(C)c2ccccc2-n2c3c(c4cccc1c42)CC(N(c1ccccn1)c1cnccn1)C=C3. The van der Waals surface area contributed by atoms with Gasteiger partial charge in [0, 0.05) is 35.1 Å². The van der Waals surface area contributed by atoms with Crippen molar-refractivity contribution in [2.45, 2.75) is 31.7 Å². The predicted octanol–water partition coefficient (Wildman–Crippen LogP) is 6.23. The van der Waals surface area contributed by atoms with Crippen LogP contribution in [0.5, 0.6) is 0 Å². The smallest absolute Gasteiger partial charge is 0.153 e. The largest absolute Gasteiger partial charge is 0.309 e. The quantitative estimate of drug-likeness (QED) is 0.323. The zero-order valence-corrected chi connectivity index (χ0v) is 19.8. The molecule has 0 saturated heterocycles. The van der Waals surface area contributed by atoms with E-state index in [1.807, 2.05) is 30.6 Å². The molecular weight excluding hydrogens is 430 g/mol. The third kappa shape index (κ3) is 2.84. The Bertz CT molecular complexity index is 1560. The molecule has 3 aromatic heterocycles. The summed E-state index contributed by atoms with van der Waals surface area (Å²) in [5, 5.41) is 1.33. The Morgan fingerprint density at radius 3 is 2.51 bits per heavy atom. The number of pyridine rings is 1. The van der Waals surface area contributed by atoms with Crippen molar-refractivity contribution in [2.75, 3.05) is 4.90 Å². The molecule has 0 fully saturated rings. The van der Waals surface area contributed by atoms with E-state index in [0.29, 0.717) is 0 Å². The zero-order chi connectivity index (χ0) is 23.6. The summed E-state index contributed by atoms with van der Waals surface area (Å²) in [7, 11) is 0. The van der Waals surface area contributed by atoms with Crippen molar-refractivity contribution in [2.24, 2.45) is 0 Å². The summed E-state index contributed by atoms with van der Waals surface area (Å²) in [6.07, 6.45) is 12.5. The van der Waals surface area contributed by atoms with E-state index in [4.69, 9.17) is 0 Å². The van der Waals surface area contributed by atoms with Crippen molar-refractivity contribution < 1.29 is 0 Å². The number of hydrogen-bond acceptors (Lipinski definition) is 4. The zero-order valence-electron chi connectivity index (χ0n) is 19.8. The van der Waals surface area contributed by atoms with Crippen LogP contribution in [-0.2, 0) is 11.8 Å². The monoisotopic (exact) mass is 455 g/mol. The highest BCUT2D eigenvalue weighted by molar-refractivity contribution is 5.96. The molecule has 1 aliphatic carbocycles. The Balaban J connectivity index is 1.44. The molecule has 1 unspecified atom stereocenters. The minimum atomic E-state index is -0.0597. The molecule has 5 aromatic rings. The van der Waals surface area contributed by atoms with Gasteiger partial charge < -0.3 is 9.47 Å². The number of aromatic nitrogens is 4. The van der Waals surface area contributed by atoms with Gasteiger partial charge in [0.2, 0.25) is 0 Å². The second-order valence-electron chi connectivity index (χ2n) is 9.80. The number of nitrogens with zero attached hydrogens (tertiary/aromatic N) is 5. The lowest BCUT2D eigenvalue weighted by atomic mass is 9.74. The number of benzene rings is 2. The van der Waals surface area contributed by atoms with E-state index in [-0.39, 0.29) is 11.5 Å². The van der Waals surface area contributed by atoms with Gasteiger partial charge >= 0.3 is 0 Å². The molecular formula is C30H25N5. The summed E-state index contributed by atoms with van der Waals surface area (Å²) < 4.78 is 2.47. The van der Waals surface area contributed by atoms with Gasteiger partial charge in [0.15, 0.2) is 5.82 Å². The summed E-state index contributed by atoms with van der Waals surface area (Å²) in [6.45, 7) is 4.68. The van der Waals surface area contributed by atoms with Gasteiger partial charge in [-0.25, -0.2) is 9.97 Å². The molecule has 4 heterocycles. The standard InChI is InChI=1S/C30H25N5/c1-30(2)23-9-3-4-11-26(23)35-25-14-13-20(18-22(25)21-8-7-10-24(30)29(21)35)34(27-12-5-6-15-32-27)28-19-31-16-17-33-28/h3-17,19-20H,18H2,1-2H3. The lowest BCUT2D eigenvalue weighted by molar-refractivity contribution is 0.628. The van der Waals surface area contributed by atoms with Crippen molar-refractivity contribution in [3.05, 3.63) is 114 Å². The number of hydrogen-bond donors (Lipinski definition) is 0. The van der Waals surface area contributed by atoms with Gasteiger partial charge in [-0.1, -0.05) is 62.4 Å². The van der Waals surface area contributed by atoms with Crippen LogP contribution in [0.2, 0.25) is 0 Å². The Labute approximate surface area is 204 Å². The molecule has 0 radical (unpaired) electrons. The molecule has 2 aromatic carbocycles. The third-order valence-electron chi connectivity index (χ3n) is 7.54. The van der Waals surface area contributed by atoms with E-state index in [1.165, 1.54) is 39.0 Å². The van der Waals surface area contributed by atoms with Crippen LogP contribution in [0, 0.1) is 0 Å². The van der Waals surface area contributed by atoms with Crippen LogP contribution in [0.4, 0.5) is 11.6 Å². The van der Waals surface area contributed by atoms with Crippen molar-refractivity contribution in [3.8, 4) is 5.69 Å². The summed E-state index contributed by atoms with van der Waals surface area (Å²) in [4.78, 5) is 15.8. The van der Waals surface area contributed by atoms with E-state index in [9.17, 15) is 0 Å². The molecule has 170 valence electrons. The number of para-hydroxylation sites is 2. The lowest BCUT2D eigenvalue weighted by Crippen LogP contribution is -2.34. The maximum Gasteiger partial charge on any atom is 0.153 e.